The molecule has 4 rings (SSSR count). The number of H-pyrrole nitrogens is 1. The lowest BCUT2D eigenvalue weighted by atomic mass is 9.92. The standard InChI is InChI=1S/C24H30N4O3/c1-4-6-8-9-10-16-12-13-18-17(14-16)23-20(19(30-18)11-7-5-2)21(29)15(3)22(31-23)24-25-27-28-26-24/h12-14,19H,4-11H2,1-3H3,(H,25,26,27,28). The Morgan fingerprint density at radius 1 is 1.06 bits per heavy atom. The second-order valence-corrected chi connectivity index (χ2v) is 8.25. The summed E-state index contributed by atoms with van der Waals surface area (Å²) in [6, 6.07) is 6.24. The predicted octanol–water partition coefficient (Wildman–Crippen LogP) is 5.54. The maximum atomic E-state index is 13.4. The van der Waals surface area contributed by atoms with E-state index in [1.165, 1.54) is 24.8 Å². The Balaban J connectivity index is 1.80. The number of nitrogens with one attached hydrogen (secondary N) is 1. The molecule has 1 aliphatic rings. The van der Waals surface area contributed by atoms with Crippen molar-refractivity contribution in [3.05, 3.63) is 45.1 Å². The van der Waals surface area contributed by atoms with E-state index in [4.69, 9.17) is 9.15 Å². The van der Waals surface area contributed by atoms with Crippen molar-refractivity contribution < 1.29 is 9.15 Å². The molecular formula is C24H30N4O3. The van der Waals surface area contributed by atoms with Crippen LogP contribution in [0.15, 0.2) is 27.4 Å². The fourth-order valence-corrected chi connectivity index (χ4v) is 4.18. The molecule has 7 nitrogen and oxygen atoms in total. The quantitative estimate of drug-likeness (QED) is 0.455. The molecule has 164 valence electrons. The van der Waals surface area contributed by atoms with Gasteiger partial charge in [-0.1, -0.05) is 45.6 Å². The van der Waals surface area contributed by atoms with Gasteiger partial charge in [-0.3, -0.25) is 4.79 Å². The SMILES string of the molecule is CCCCCCc1ccc2c(c1)-c1oc(-c3nn[nH]n3)c(C)c(=O)c1C(CCCC)O2. The van der Waals surface area contributed by atoms with Gasteiger partial charge in [-0.15, -0.1) is 10.2 Å². The molecule has 2 aromatic heterocycles. The highest BCUT2D eigenvalue weighted by Crippen LogP contribution is 2.44. The van der Waals surface area contributed by atoms with Gasteiger partial charge in [-0.05, 0) is 55.5 Å². The third-order valence-corrected chi connectivity index (χ3v) is 5.94. The van der Waals surface area contributed by atoms with Gasteiger partial charge >= 0.3 is 0 Å². The van der Waals surface area contributed by atoms with Crippen LogP contribution in [0.1, 0.15) is 81.6 Å². The molecular weight excluding hydrogens is 392 g/mol. The van der Waals surface area contributed by atoms with Crippen LogP contribution in [0.5, 0.6) is 5.75 Å². The molecule has 7 heteroatoms. The first-order chi connectivity index (χ1) is 15.1. The van der Waals surface area contributed by atoms with E-state index in [1.807, 2.05) is 6.07 Å². The molecule has 0 radical (unpaired) electrons. The highest BCUT2D eigenvalue weighted by Gasteiger charge is 2.33. The minimum atomic E-state index is -0.313. The number of nitrogens with zero attached hydrogens (tertiary/aromatic N) is 3. The highest BCUT2D eigenvalue weighted by molar-refractivity contribution is 5.73. The van der Waals surface area contributed by atoms with Gasteiger partial charge in [0.25, 0.3) is 0 Å². The summed E-state index contributed by atoms with van der Waals surface area (Å²) < 4.78 is 12.6. The van der Waals surface area contributed by atoms with Gasteiger partial charge in [0.15, 0.2) is 11.2 Å². The molecule has 3 heterocycles. The van der Waals surface area contributed by atoms with Crippen molar-refractivity contribution in [3.8, 4) is 28.7 Å². The third-order valence-electron chi connectivity index (χ3n) is 5.94. The summed E-state index contributed by atoms with van der Waals surface area (Å²) in [5.41, 5.74) is 3.07. The Morgan fingerprint density at radius 3 is 2.65 bits per heavy atom. The van der Waals surface area contributed by atoms with Gasteiger partial charge < -0.3 is 9.15 Å². The molecule has 1 unspecified atom stereocenters. The maximum Gasteiger partial charge on any atom is 0.240 e. The van der Waals surface area contributed by atoms with Crippen molar-refractivity contribution in [1.82, 2.24) is 20.6 Å². The molecule has 0 saturated heterocycles. The summed E-state index contributed by atoms with van der Waals surface area (Å²) in [4.78, 5) is 13.4. The van der Waals surface area contributed by atoms with E-state index in [-0.39, 0.29) is 17.4 Å². The zero-order chi connectivity index (χ0) is 21.8. The molecule has 3 aromatic rings. The molecule has 1 aliphatic heterocycles. The van der Waals surface area contributed by atoms with Crippen LogP contribution in [0.4, 0.5) is 0 Å². The van der Waals surface area contributed by atoms with Crippen molar-refractivity contribution in [1.29, 1.82) is 0 Å². The fourth-order valence-electron chi connectivity index (χ4n) is 4.18. The number of benzene rings is 1. The van der Waals surface area contributed by atoms with E-state index in [9.17, 15) is 4.79 Å². The number of hydrogen-bond donors (Lipinski definition) is 1. The van der Waals surface area contributed by atoms with E-state index >= 15 is 0 Å². The molecule has 31 heavy (non-hydrogen) atoms. The van der Waals surface area contributed by atoms with Crippen LogP contribution in [0.25, 0.3) is 22.9 Å². The smallest absolute Gasteiger partial charge is 0.240 e. The normalized spacial score (nSPS) is 14.7. The number of ether oxygens (including phenoxy) is 1. The monoisotopic (exact) mass is 422 g/mol. The van der Waals surface area contributed by atoms with Crippen LogP contribution in [0.2, 0.25) is 0 Å². The molecule has 1 aromatic carbocycles. The lowest BCUT2D eigenvalue weighted by Crippen LogP contribution is -2.25. The van der Waals surface area contributed by atoms with Crippen LogP contribution in [0, 0.1) is 6.92 Å². The van der Waals surface area contributed by atoms with Crippen molar-refractivity contribution in [2.75, 3.05) is 0 Å². The van der Waals surface area contributed by atoms with Crippen LogP contribution in [0.3, 0.4) is 0 Å². The zero-order valence-electron chi connectivity index (χ0n) is 18.5. The van der Waals surface area contributed by atoms with Crippen LogP contribution in [-0.2, 0) is 6.42 Å². The fraction of sp³-hybridized carbons (Fsp3) is 0.500. The summed E-state index contributed by atoms with van der Waals surface area (Å²) in [6.07, 6.45) is 8.29. The Bertz CT molecular complexity index is 1090. The van der Waals surface area contributed by atoms with E-state index in [0.29, 0.717) is 22.6 Å². The number of aryl methyl sites for hydroxylation is 1. The molecule has 0 saturated carbocycles. The molecule has 0 bridgehead atoms. The second-order valence-electron chi connectivity index (χ2n) is 8.25. The van der Waals surface area contributed by atoms with E-state index in [1.54, 1.807) is 6.92 Å². The molecule has 0 aliphatic carbocycles. The van der Waals surface area contributed by atoms with Crippen LogP contribution < -0.4 is 10.2 Å². The number of aromatic amines is 1. The summed E-state index contributed by atoms with van der Waals surface area (Å²) in [6.45, 7) is 6.09. The van der Waals surface area contributed by atoms with Gasteiger partial charge in [0.1, 0.15) is 17.6 Å². The summed E-state index contributed by atoms with van der Waals surface area (Å²) >= 11 is 0. The first-order valence-corrected chi connectivity index (χ1v) is 11.3. The lowest BCUT2D eigenvalue weighted by Gasteiger charge is -2.28. The minimum absolute atomic E-state index is 0.0684. The Labute approximate surface area is 182 Å². The lowest BCUT2D eigenvalue weighted by molar-refractivity contribution is 0.182. The van der Waals surface area contributed by atoms with Crippen molar-refractivity contribution >= 4 is 0 Å². The minimum Gasteiger partial charge on any atom is -0.485 e. The first kappa shape index (κ1) is 21.3. The summed E-state index contributed by atoms with van der Waals surface area (Å²) in [5, 5.41) is 14.1. The largest absolute Gasteiger partial charge is 0.485 e. The Hall–Kier alpha value is -2.96. The van der Waals surface area contributed by atoms with Gasteiger partial charge in [-0.25, -0.2) is 0 Å². The molecule has 0 amide bonds. The Kier molecular flexibility index (Phi) is 6.49. The number of aromatic nitrogens is 4. The first-order valence-electron chi connectivity index (χ1n) is 11.3. The molecule has 1 atom stereocenters. The second kappa shape index (κ2) is 9.45. The topological polar surface area (TPSA) is 93.9 Å². The third kappa shape index (κ3) is 4.27. The number of unbranched alkanes of at least 4 members (excludes halogenated alkanes) is 4. The van der Waals surface area contributed by atoms with Crippen LogP contribution >= 0.6 is 0 Å². The summed E-state index contributed by atoms with van der Waals surface area (Å²) in [7, 11) is 0. The average molecular weight is 423 g/mol. The Morgan fingerprint density at radius 2 is 1.90 bits per heavy atom. The average Bonchev–Trinajstić information content (AvgIpc) is 3.32. The van der Waals surface area contributed by atoms with Crippen molar-refractivity contribution in [2.45, 2.75) is 78.2 Å². The number of rotatable bonds is 9. The van der Waals surface area contributed by atoms with Gasteiger partial charge in [0.05, 0.1) is 11.1 Å². The molecule has 0 spiro atoms. The van der Waals surface area contributed by atoms with Crippen LogP contribution in [-0.4, -0.2) is 20.6 Å². The molecule has 0 fully saturated rings. The van der Waals surface area contributed by atoms with E-state index in [2.05, 4.69) is 46.6 Å². The van der Waals surface area contributed by atoms with Gasteiger partial charge in [-0.2, -0.15) is 5.21 Å². The van der Waals surface area contributed by atoms with Crippen molar-refractivity contribution in [2.24, 2.45) is 0 Å². The molecule has 1 N–H and O–H groups in total. The number of fused-ring (bicyclic) bond motifs is 3. The predicted molar refractivity (Wildman–Crippen MR) is 119 cm³/mol. The number of hydrogen-bond acceptors (Lipinski definition) is 6. The number of tetrazole rings is 1. The van der Waals surface area contributed by atoms with Gasteiger partial charge in [0, 0.05) is 5.56 Å². The van der Waals surface area contributed by atoms with E-state index in [0.717, 1.165) is 43.4 Å². The highest BCUT2D eigenvalue weighted by atomic mass is 16.5. The van der Waals surface area contributed by atoms with E-state index < -0.39 is 0 Å². The van der Waals surface area contributed by atoms with Gasteiger partial charge in [0.2, 0.25) is 5.82 Å². The maximum absolute atomic E-state index is 13.4. The zero-order valence-corrected chi connectivity index (χ0v) is 18.5. The summed E-state index contributed by atoms with van der Waals surface area (Å²) in [5.74, 6) is 1.98. The van der Waals surface area contributed by atoms with Crippen molar-refractivity contribution in [3.63, 3.8) is 0 Å².